The highest BCUT2D eigenvalue weighted by atomic mass is 35.5. The molecule has 0 unspecified atom stereocenters. The highest BCUT2D eigenvalue weighted by molar-refractivity contribution is 6.30. The van der Waals surface area contributed by atoms with Crippen LogP contribution in [-0.2, 0) is 17.8 Å². The molecule has 0 saturated heterocycles. The lowest BCUT2D eigenvalue weighted by Gasteiger charge is -2.06. The van der Waals surface area contributed by atoms with Crippen LogP contribution in [0, 0.1) is 0 Å². The predicted octanol–water partition coefficient (Wildman–Crippen LogP) is 4.06. The third-order valence-corrected chi connectivity index (χ3v) is 5.99. The van der Waals surface area contributed by atoms with Crippen LogP contribution in [0.2, 0.25) is 5.02 Å². The van der Waals surface area contributed by atoms with Crippen molar-refractivity contribution >= 4 is 34.5 Å². The lowest BCUT2D eigenvalue weighted by Crippen LogP contribution is -2.16. The van der Waals surface area contributed by atoms with Crippen molar-refractivity contribution in [3.05, 3.63) is 83.6 Å². The summed E-state index contributed by atoms with van der Waals surface area (Å²) in [7, 11) is 0. The van der Waals surface area contributed by atoms with E-state index in [9.17, 15) is 4.79 Å². The number of nitrogens with zero attached hydrogens (tertiary/aromatic N) is 6. The average molecular weight is 474 g/mol. The number of carbonyl (C=O) groups excluding carboxylic acids is 1. The summed E-state index contributed by atoms with van der Waals surface area (Å²) in [6.07, 6.45) is 11.5. The normalized spacial score (nSPS) is 13.4. The Morgan fingerprint density at radius 1 is 1.12 bits per heavy atom. The van der Waals surface area contributed by atoms with Crippen LogP contribution >= 0.6 is 11.6 Å². The molecule has 0 radical (unpaired) electrons. The number of ether oxygens (including phenoxy) is 1. The number of aromatic nitrogens is 6. The number of imidazole rings is 2. The van der Waals surface area contributed by atoms with Gasteiger partial charge in [-0.05, 0) is 42.5 Å². The average Bonchev–Trinajstić information content (AvgIpc) is 3.49. The van der Waals surface area contributed by atoms with Gasteiger partial charge in [-0.25, -0.2) is 19.9 Å². The fourth-order valence-electron chi connectivity index (χ4n) is 3.92. The van der Waals surface area contributed by atoms with E-state index in [1.165, 1.54) is 24.7 Å². The first-order valence-electron chi connectivity index (χ1n) is 10.9. The smallest absolute Gasteiger partial charge is 0.231 e. The van der Waals surface area contributed by atoms with Crippen LogP contribution in [0.4, 0.5) is 5.82 Å². The van der Waals surface area contributed by atoms with Gasteiger partial charge < -0.3 is 18.9 Å². The number of hydrogen-bond acceptors (Lipinski definition) is 6. The molecule has 1 saturated carbocycles. The first-order chi connectivity index (χ1) is 16.6. The van der Waals surface area contributed by atoms with Gasteiger partial charge in [0.25, 0.3) is 0 Å². The van der Waals surface area contributed by atoms with Crippen LogP contribution in [0.1, 0.15) is 35.7 Å². The fourth-order valence-corrected chi connectivity index (χ4v) is 4.08. The van der Waals surface area contributed by atoms with E-state index in [2.05, 4.69) is 37.5 Å². The maximum atomic E-state index is 12.6. The molecule has 0 spiro atoms. The molecule has 0 aliphatic heterocycles. The van der Waals surface area contributed by atoms with E-state index in [-0.39, 0.29) is 18.9 Å². The van der Waals surface area contributed by atoms with Crippen molar-refractivity contribution in [3.8, 4) is 5.88 Å². The van der Waals surface area contributed by atoms with Crippen LogP contribution < -0.4 is 10.1 Å². The van der Waals surface area contributed by atoms with Gasteiger partial charge in [-0.3, -0.25) is 4.79 Å². The molecule has 9 nitrogen and oxygen atoms in total. The van der Waals surface area contributed by atoms with Crippen LogP contribution in [-0.4, -0.2) is 34.6 Å². The molecule has 0 aromatic carbocycles. The molecule has 10 heteroatoms. The fraction of sp³-hybridized carbons (Fsp3) is 0.208. The van der Waals surface area contributed by atoms with Gasteiger partial charge in [0.1, 0.15) is 24.4 Å². The maximum absolute atomic E-state index is 12.6. The summed E-state index contributed by atoms with van der Waals surface area (Å²) in [5, 5.41) is 3.35. The summed E-state index contributed by atoms with van der Waals surface area (Å²) in [6, 6.07) is 9.30. The van der Waals surface area contributed by atoms with E-state index in [0.717, 1.165) is 16.9 Å². The number of anilines is 1. The quantitative estimate of drug-likeness (QED) is 0.382. The third-order valence-electron chi connectivity index (χ3n) is 5.76. The minimum Gasteiger partial charge on any atom is -0.471 e. The monoisotopic (exact) mass is 473 g/mol. The Kier molecular flexibility index (Phi) is 5.10. The number of pyridine rings is 2. The van der Waals surface area contributed by atoms with E-state index in [0.29, 0.717) is 28.3 Å². The van der Waals surface area contributed by atoms with Gasteiger partial charge in [-0.15, -0.1) is 0 Å². The number of amides is 1. The summed E-state index contributed by atoms with van der Waals surface area (Å²) >= 11 is 6.07. The van der Waals surface area contributed by atoms with Gasteiger partial charge in [0.05, 0.1) is 29.7 Å². The van der Waals surface area contributed by atoms with Gasteiger partial charge >= 0.3 is 0 Å². The van der Waals surface area contributed by atoms with Crippen LogP contribution in [0.25, 0.3) is 11.2 Å². The van der Waals surface area contributed by atoms with E-state index in [1.54, 1.807) is 30.7 Å². The highest BCUT2D eigenvalue weighted by Gasteiger charge is 2.23. The minimum atomic E-state index is -0.253. The number of rotatable bonds is 7. The van der Waals surface area contributed by atoms with Crippen molar-refractivity contribution in [3.63, 3.8) is 0 Å². The van der Waals surface area contributed by atoms with Gasteiger partial charge in [0.2, 0.25) is 11.8 Å². The number of carbonyl (C=O) groups is 1. The number of halogens is 1. The molecule has 0 bridgehead atoms. The van der Waals surface area contributed by atoms with E-state index >= 15 is 0 Å². The van der Waals surface area contributed by atoms with Crippen molar-refractivity contribution < 1.29 is 9.53 Å². The molecule has 0 atom stereocenters. The number of nitrogens with one attached hydrogen (secondary N) is 1. The van der Waals surface area contributed by atoms with Gasteiger partial charge in [0, 0.05) is 29.7 Å². The van der Waals surface area contributed by atoms with Gasteiger partial charge in [0.15, 0.2) is 0 Å². The van der Waals surface area contributed by atoms with Gasteiger partial charge in [-0.1, -0.05) is 17.7 Å². The second-order valence-corrected chi connectivity index (χ2v) is 8.75. The standard InChI is InChI=1S/C24H20ClN7O2/c25-17-5-6-31-14-28-19(20(31)7-17)8-23(33)30-21-9-24(27-13-26-21)34-12-18-11-32-10-16(15-1-2-15)3-4-22(32)29-18/h3-7,9-11,13-15H,1-2,8,12H2,(H,26,27,30,33). The molecule has 5 heterocycles. The summed E-state index contributed by atoms with van der Waals surface area (Å²) in [5.74, 6) is 1.13. The second-order valence-electron chi connectivity index (χ2n) is 8.32. The SMILES string of the molecule is O=C(Cc1ncn2ccc(Cl)cc12)Nc1cc(OCc2cn3cc(C4CC4)ccc3n2)ncn1. The Bertz CT molecular complexity index is 1520. The molecule has 6 rings (SSSR count). The Balaban J connectivity index is 1.10. The molecule has 5 aromatic heterocycles. The zero-order valence-corrected chi connectivity index (χ0v) is 18.8. The number of fused-ring (bicyclic) bond motifs is 2. The summed E-state index contributed by atoms with van der Waals surface area (Å²) < 4.78 is 9.65. The molecule has 1 fully saturated rings. The lowest BCUT2D eigenvalue weighted by molar-refractivity contribution is -0.115. The largest absolute Gasteiger partial charge is 0.471 e. The first-order valence-corrected chi connectivity index (χ1v) is 11.3. The highest BCUT2D eigenvalue weighted by Crippen LogP contribution is 2.39. The summed E-state index contributed by atoms with van der Waals surface area (Å²) in [6.45, 7) is 0.256. The first kappa shape index (κ1) is 20.6. The second kappa shape index (κ2) is 8.42. The molecule has 34 heavy (non-hydrogen) atoms. The van der Waals surface area contributed by atoms with Crippen molar-refractivity contribution in [2.24, 2.45) is 0 Å². The lowest BCUT2D eigenvalue weighted by atomic mass is 10.2. The van der Waals surface area contributed by atoms with Crippen molar-refractivity contribution in [2.45, 2.75) is 31.8 Å². The Hall–Kier alpha value is -3.98. The zero-order chi connectivity index (χ0) is 23.1. The van der Waals surface area contributed by atoms with Gasteiger partial charge in [-0.2, -0.15) is 0 Å². The Morgan fingerprint density at radius 3 is 2.91 bits per heavy atom. The topological polar surface area (TPSA) is 98.7 Å². The zero-order valence-electron chi connectivity index (χ0n) is 18.1. The molecular formula is C24H20ClN7O2. The molecule has 1 aliphatic rings. The van der Waals surface area contributed by atoms with E-state index in [4.69, 9.17) is 16.3 Å². The molecule has 1 N–H and O–H groups in total. The molecule has 170 valence electrons. The van der Waals surface area contributed by atoms with Crippen LogP contribution in [0.5, 0.6) is 5.88 Å². The number of hydrogen-bond donors (Lipinski definition) is 1. The maximum Gasteiger partial charge on any atom is 0.231 e. The van der Waals surface area contributed by atoms with Crippen molar-refractivity contribution in [2.75, 3.05) is 5.32 Å². The van der Waals surface area contributed by atoms with E-state index in [1.807, 2.05) is 21.1 Å². The Labute approximate surface area is 199 Å². The van der Waals surface area contributed by atoms with E-state index < -0.39 is 0 Å². The molecular weight excluding hydrogens is 454 g/mol. The van der Waals surface area contributed by atoms with Crippen LogP contribution in [0.15, 0.2) is 61.6 Å². The molecule has 5 aromatic rings. The minimum absolute atomic E-state index is 0.0845. The molecule has 1 amide bonds. The molecule has 1 aliphatic carbocycles. The summed E-state index contributed by atoms with van der Waals surface area (Å²) in [4.78, 5) is 29.7. The van der Waals surface area contributed by atoms with Crippen molar-refractivity contribution in [1.82, 2.24) is 28.7 Å². The summed E-state index contributed by atoms with van der Waals surface area (Å²) in [5.41, 5.74) is 4.43. The van der Waals surface area contributed by atoms with Crippen molar-refractivity contribution in [1.29, 1.82) is 0 Å². The third kappa shape index (κ3) is 4.29. The van der Waals surface area contributed by atoms with Crippen LogP contribution in [0.3, 0.4) is 0 Å². The predicted molar refractivity (Wildman–Crippen MR) is 126 cm³/mol. The Morgan fingerprint density at radius 2 is 2.03 bits per heavy atom.